The number of aryl methyl sites for hydroxylation is 1. The van der Waals surface area contributed by atoms with Crippen molar-refractivity contribution < 1.29 is 4.39 Å². The Labute approximate surface area is 84.8 Å². The van der Waals surface area contributed by atoms with E-state index in [0.29, 0.717) is 0 Å². The fourth-order valence-electron chi connectivity index (χ4n) is 1.42. The molecule has 0 saturated carbocycles. The van der Waals surface area contributed by atoms with Gasteiger partial charge in [-0.3, -0.25) is 0 Å². The average molecular weight is 212 g/mol. The Bertz CT molecular complexity index is 445. The highest BCUT2D eigenvalue weighted by Crippen LogP contribution is 2.32. The summed E-state index contributed by atoms with van der Waals surface area (Å²) in [6.45, 7) is 1.95. The second kappa shape index (κ2) is 3.31. The molecule has 1 heterocycles. The van der Waals surface area contributed by atoms with E-state index in [2.05, 4.69) is 6.07 Å². The minimum atomic E-state index is -0.0660. The number of fused-ring (bicyclic) bond motifs is 1. The summed E-state index contributed by atoms with van der Waals surface area (Å²) in [5.74, 6) is -0.0660. The van der Waals surface area contributed by atoms with Gasteiger partial charge in [-0.25, -0.2) is 4.39 Å². The summed E-state index contributed by atoms with van der Waals surface area (Å²) in [5.41, 5.74) is 1.03. The van der Waals surface area contributed by atoms with Gasteiger partial charge >= 0.3 is 0 Å². The van der Waals surface area contributed by atoms with Crippen LogP contribution in [0.5, 0.6) is 0 Å². The molecule has 68 valence electrons. The number of halogens is 1. The van der Waals surface area contributed by atoms with Crippen LogP contribution in [0, 0.1) is 12.7 Å². The van der Waals surface area contributed by atoms with Crippen LogP contribution < -0.4 is 0 Å². The summed E-state index contributed by atoms with van der Waals surface area (Å²) in [4.78, 5) is 0.769. The molecule has 2 rings (SSSR count). The standard InChI is InChI=1S/C10H9FS2/c1-6-5-8-7(3-4-13-8)9(11)10(6)12-2/h3-5H,1-2H3. The van der Waals surface area contributed by atoms with Crippen LogP contribution in [0.25, 0.3) is 10.1 Å². The lowest BCUT2D eigenvalue weighted by Gasteiger charge is -2.04. The molecule has 1 aromatic heterocycles. The summed E-state index contributed by atoms with van der Waals surface area (Å²) in [7, 11) is 0. The van der Waals surface area contributed by atoms with E-state index in [-0.39, 0.29) is 5.82 Å². The molecule has 2 aromatic rings. The van der Waals surface area contributed by atoms with Crippen molar-refractivity contribution in [2.45, 2.75) is 11.8 Å². The molecule has 0 bridgehead atoms. The van der Waals surface area contributed by atoms with E-state index in [1.54, 1.807) is 11.3 Å². The zero-order chi connectivity index (χ0) is 9.42. The SMILES string of the molecule is CSc1c(C)cc2sccc2c1F. The number of thioether (sulfide) groups is 1. The average Bonchev–Trinajstić information content (AvgIpc) is 2.53. The normalized spacial score (nSPS) is 11.0. The highest BCUT2D eigenvalue weighted by Gasteiger charge is 2.10. The zero-order valence-corrected chi connectivity index (χ0v) is 9.06. The minimum absolute atomic E-state index is 0.0660. The van der Waals surface area contributed by atoms with Crippen LogP contribution in [0.2, 0.25) is 0 Å². The third kappa shape index (κ3) is 1.36. The maximum Gasteiger partial charge on any atom is 0.145 e. The van der Waals surface area contributed by atoms with E-state index in [4.69, 9.17) is 0 Å². The van der Waals surface area contributed by atoms with Gasteiger partial charge in [-0.05, 0) is 36.3 Å². The molecule has 3 heteroatoms. The predicted octanol–water partition coefficient (Wildman–Crippen LogP) is 4.07. The van der Waals surface area contributed by atoms with Crippen LogP contribution in [-0.4, -0.2) is 6.26 Å². The van der Waals surface area contributed by atoms with Crippen molar-refractivity contribution in [1.29, 1.82) is 0 Å². The molecule has 0 aliphatic rings. The minimum Gasteiger partial charge on any atom is -0.205 e. The van der Waals surface area contributed by atoms with E-state index in [1.807, 2.05) is 24.6 Å². The molecule has 1 aromatic carbocycles. The number of thiophene rings is 1. The molecule has 0 nitrogen and oxygen atoms in total. The molecule has 0 unspecified atom stereocenters. The molecular formula is C10H9FS2. The topological polar surface area (TPSA) is 0 Å². The first-order chi connectivity index (χ1) is 6.24. The molecular weight excluding hydrogens is 203 g/mol. The Morgan fingerprint density at radius 3 is 2.92 bits per heavy atom. The summed E-state index contributed by atoms with van der Waals surface area (Å²) in [6.07, 6.45) is 1.91. The van der Waals surface area contributed by atoms with Gasteiger partial charge in [0.05, 0.1) is 0 Å². The monoisotopic (exact) mass is 212 g/mol. The second-order valence-electron chi connectivity index (χ2n) is 2.87. The maximum atomic E-state index is 13.7. The van der Waals surface area contributed by atoms with Crippen LogP contribution in [0.1, 0.15) is 5.56 Å². The Morgan fingerprint density at radius 2 is 2.23 bits per heavy atom. The van der Waals surface area contributed by atoms with Gasteiger partial charge in [-0.15, -0.1) is 23.1 Å². The smallest absolute Gasteiger partial charge is 0.145 e. The first kappa shape index (κ1) is 9.03. The molecule has 0 spiro atoms. The van der Waals surface area contributed by atoms with Gasteiger partial charge in [-0.2, -0.15) is 0 Å². The number of rotatable bonds is 1. The Morgan fingerprint density at radius 1 is 1.46 bits per heavy atom. The van der Waals surface area contributed by atoms with E-state index in [9.17, 15) is 4.39 Å². The second-order valence-corrected chi connectivity index (χ2v) is 4.64. The largest absolute Gasteiger partial charge is 0.205 e. The molecule has 0 radical (unpaired) electrons. The number of benzene rings is 1. The van der Waals surface area contributed by atoms with Crippen LogP contribution in [0.15, 0.2) is 22.4 Å². The number of hydrogen-bond donors (Lipinski definition) is 0. The van der Waals surface area contributed by atoms with Crippen molar-refractivity contribution in [3.05, 3.63) is 28.9 Å². The summed E-state index contributed by atoms with van der Waals surface area (Å²) >= 11 is 3.06. The predicted molar refractivity (Wildman–Crippen MR) is 58.3 cm³/mol. The highest BCUT2D eigenvalue weighted by atomic mass is 32.2. The molecule has 0 N–H and O–H groups in total. The number of hydrogen-bond acceptors (Lipinski definition) is 2. The van der Waals surface area contributed by atoms with E-state index >= 15 is 0 Å². The first-order valence-corrected chi connectivity index (χ1v) is 6.04. The lowest BCUT2D eigenvalue weighted by Crippen LogP contribution is -1.85. The Kier molecular flexibility index (Phi) is 2.30. The third-order valence-corrected chi connectivity index (χ3v) is 3.81. The van der Waals surface area contributed by atoms with Crippen molar-refractivity contribution >= 4 is 33.2 Å². The molecule has 0 aliphatic carbocycles. The maximum absolute atomic E-state index is 13.7. The van der Waals surface area contributed by atoms with E-state index in [1.165, 1.54) is 11.8 Å². The van der Waals surface area contributed by atoms with Crippen molar-refractivity contribution in [2.75, 3.05) is 6.26 Å². The quantitative estimate of drug-likeness (QED) is 0.642. The summed E-state index contributed by atoms with van der Waals surface area (Å²) in [6, 6.07) is 3.89. The van der Waals surface area contributed by atoms with Crippen molar-refractivity contribution in [1.82, 2.24) is 0 Å². The molecule has 0 aliphatic heterocycles. The van der Waals surface area contributed by atoms with Crippen molar-refractivity contribution in [2.24, 2.45) is 0 Å². The van der Waals surface area contributed by atoms with Crippen LogP contribution in [0.3, 0.4) is 0 Å². The van der Waals surface area contributed by atoms with Crippen LogP contribution >= 0.6 is 23.1 Å². The third-order valence-electron chi connectivity index (χ3n) is 2.04. The Hall–Kier alpha value is -0.540. The zero-order valence-electron chi connectivity index (χ0n) is 7.43. The van der Waals surface area contributed by atoms with E-state index in [0.717, 1.165) is 20.5 Å². The van der Waals surface area contributed by atoms with Gasteiger partial charge in [0, 0.05) is 15.0 Å². The van der Waals surface area contributed by atoms with Gasteiger partial charge in [0.25, 0.3) is 0 Å². The molecule has 0 atom stereocenters. The van der Waals surface area contributed by atoms with Gasteiger partial charge in [0.2, 0.25) is 0 Å². The lowest BCUT2D eigenvalue weighted by molar-refractivity contribution is 0.613. The lowest BCUT2D eigenvalue weighted by atomic mass is 10.2. The molecule has 0 fully saturated rings. The van der Waals surface area contributed by atoms with Crippen LogP contribution in [0.4, 0.5) is 4.39 Å². The van der Waals surface area contributed by atoms with Gasteiger partial charge in [0.15, 0.2) is 0 Å². The Balaban J connectivity index is 2.85. The molecule has 0 amide bonds. The highest BCUT2D eigenvalue weighted by molar-refractivity contribution is 7.98. The van der Waals surface area contributed by atoms with Gasteiger partial charge in [0.1, 0.15) is 5.82 Å². The van der Waals surface area contributed by atoms with E-state index < -0.39 is 0 Å². The molecule has 13 heavy (non-hydrogen) atoms. The summed E-state index contributed by atoms with van der Waals surface area (Å²) in [5, 5.41) is 2.68. The fraction of sp³-hybridized carbons (Fsp3) is 0.200. The summed E-state index contributed by atoms with van der Waals surface area (Å²) < 4.78 is 14.8. The van der Waals surface area contributed by atoms with Crippen molar-refractivity contribution in [3.8, 4) is 0 Å². The van der Waals surface area contributed by atoms with Gasteiger partial charge in [-0.1, -0.05) is 0 Å². The van der Waals surface area contributed by atoms with Gasteiger partial charge < -0.3 is 0 Å². The molecule has 0 saturated heterocycles. The fourth-order valence-corrected chi connectivity index (χ4v) is 2.97. The first-order valence-electron chi connectivity index (χ1n) is 3.94. The van der Waals surface area contributed by atoms with Crippen LogP contribution in [-0.2, 0) is 0 Å². The van der Waals surface area contributed by atoms with Crippen molar-refractivity contribution in [3.63, 3.8) is 0 Å².